The maximum absolute atomic E-state index is 14.0. The number of nitrogens with zero attached hydrogens (tertiary/aromatic N) is 3. The fourth-order valence-electron chi connectivity index (χ4n) is 5.26. The number of sulfone groups is 1. The highest BCUT2D eigenvalue weighted by molar-refractivity contribution is 7.93. The third-order valence-corrected chi connectivity index (χ3v) is 10.1. The van der Waals surface area contributed by atoms with Crippen LogP contribution in [0.4, 0.5) is 5.82 Å². The maximum atomic E-state index is 14.0. The minimum atomic E-state index is -3.69. The number of aromatic nitrogens is 2. The molecule has 4 aliphatic rings. The highest BCUT2D eigenvalue weighted by Crippen LogP contribution is 2.51. The van der Waals surface area contributed by atoms with E-state index in [0.29, 0.717) is 55.6 Å². The Morgan fingerprint density at radius 1 is 1.32 bits per heavy atom. The van der Waals surface area contributed by atoms with Crippen LogP contribution in [0.25, 0.3) is 0 Å². The van der Waals surface area contributed by atoms with E-state index in [9.17, 15) is 13.2 Å². The lowest BCUT2D eigenvalue weighted by atomic mass is 9.91. The van der Waals surface area contributed by atoms with Crippen molar-refractivity contribution in [2.75, 3.05) is 18.9 Å². The Labute approximate surface area is 200 Å². The molecule has 0 spiro atoms. The number of fused-ring (bicyclic) bond motifs is 3. The minimum Gasteiger partial charge on any atom is -0.369 e. The lowest BCUT2D eigenvalue weighted by Crippen LogP contribution is -2.66. The lowest BCUT2D eigenvalue weighted by molar-refractivity contribution is 0.0129. The molecule has 34 heavy (non-hydrogen) atoms. The maximum Gasteiger partial charge on any atom is 0.273 e. The Morgan fingerprint density at radius 2 is 2.12 bits per heavy atom. The van der Waals surface area contributed by atoms with Crippen LogP contribution >= 0.6 is 0 Å². The first-order valence-corrected chi connectivity index (χ1v) is 13.6. The lowest BCUT2D eigenvalue weighted by Gasteiger charge is -2.54. The molecule has 2 aromatic heterocycles. The molecule has 9 nitrogen and oxygen atoms in total. The van der Waals surface area contributed by atoms with Gasteiger partial charge in [0.15, 0.2) is 5.69 Å². The molecule has 2 bridgehead atoms. The summed E-state index contributed by atoms with van der Waals surface area (Å²) in [4.78, 5) is 18.3. The average molecular weight is 488 g/mol. The summed E-state index contributed by atoms with van der Waals surface area (Å²) in [6, 6.07) is 5.02. The predicted molar refractivity (Wildman–Crippen MR) is 127 cm³/mol. The molecule has 184 valence electrons. The molecule has 4 fully saturated rings. The number of rotatable bonds is 8. The normalized spacial score (nSPS) is 27.2. The van der Waals surface area contributed by atoms with Crippen molar-refractivity contribution in [3.05, 3.63) is 35.9 Å². The van der Waals surface area contributed by atoms with E-state index in [1.54, 1.807) is 24.4 Å². The number of anilines is 1. The van der Waals surface area contributed by atoms with E-state index in [-0.39, 0.29) is 22.9 Å². The van der Waals surface area contributed by atoms with Gasteiger partial charge in [0, 0.05) is 36.8 Å². The van der Waals surface area contributed by atoms with Gasteiger partial charge in [-0.1, -0.05) is 19.0 Å². The van der Waals surface area contributed by atoms with Crippen LogP contribution in [0.2, 0.25) is 0 Å². The van der Waals surface area contributed by atoms with Crippen molar-refractivity contribution in [3.8, 4) is 0 Å². The second-order valence-electron chi connectivity index (χ2n) is 10.4. The van der Waals surface area contributed by atoms with E-state index < -0.39 is 14.7 Å². The number of amides is 1. The minimum absolute atomic E-state index is 0.0886. The molecule has 1 amide bonds. The van der Waals surface area contributed by atoms with E-state index in [0.717, 1.165) is 18.6 Å². The summed E-state index contributed by atoms with van der Waals surface area (Å²) >= 11 is 0. The fraction of sp³-hybridized carbons (Fsp3) is 0.625. The van der Waals surface area contributed by atoms with Crippen molar-refractivity contribution in [2.24, 2.45) is 5.92 Å². The number of carbonyl (C=O) groups excluding carboxylic acids is 1. The van der Waals surface area contributed by atoms with Gasteiger partial charge < -0.3 is 15.2 Å². The van der Waals surface area contributed by atoms with Crippen LogP contribution in [0, 0.1) is 5.92 Å². The molecule has 4 heterocycles. The van der Waals surface area contributed by atoms with Crippen molar-refractivity contribution in [2.45, 2.75) is 80.1 Å². The Hall–Kier alpha value is -2.46. The summed E-state index contributed by atoms with van der Waals surface area (Å²) in [6.07, 6.45) is 6.05. The fourth-order valence-corrected chi connectivity index (χ4v) is 7.63. The van der Waals surface area contributed by atoms with Crippen LogP contribution in [0.1, 0.15) is 74.5 Å². The molecule has 10 heteroatoms. The molecule has 3 atom stereocenters. The van der Waals surface area contributed by atoms with Gasteiger partial charge in [-0.25, -0.2) is 13.4 Å². The molecule has 0 radical (unpaired) electrons. The number of pyridine rings is 1. The molecular formula is C24H33N5O4S. The zero-order valence-electron chi connectivity index (χ0n) is 20.0. The van der Waals surface area contributed by atoms with Crippen LogP contribution < -0.4 is 10.6 Å². The molecule has 6 rings (SSSR count). The Morgan fingerprint density at radius 3 is 2.82 bits per heavy atom. The van der Waals surface area contributed by atoms with Gasteiger partial charge >= 0.3 is 0 Å². The topological polar surface area (TPSA) is 117 Å². The van der Waals surface area contributed by atoms with Crippen molar-refractivity contribution >= 4 is 21.6 Å². The first-order chi connectivity index (χ1) is 16.2. The second kappa shape index (κ2) is 8.64. The van der Waals surface area contributed by atoms with E-state index >= 15 is 0 Å². The third kappa shape index (κ3) is 4.00. The van der Waals surface area contributed by atoms with Crippen LogP contribution in [0.5, 0.6) is 0 Å². The molecule has 2 aromatic rings. The monoisotopic (exact) mass is 487 g/mol. The van der Waals surface area contributed by atoms with E-state index in [4.69, 9.17) is 4.52 Å². The van der Waals surface area contributed by atoms with E-state index in [2.05, 4.69) is 34.6 Å². The van der Waals surface area contributed by atoms with Crippen molar-refractivity contribution in [1.29, 1.82) is 0 Å². The summed E-state index contributed by atoms with van der Waals surface area (Å²) in [6.45, 7) is 4.78. The molecule has 0 aromatic carbocycles. The quantitative estimate of drug-likeness (QED) is 0.583. The third-order valence-electron chi connectivity index (χ3n) is 7.50. The Bertz CT molecular complexity index is 1180. The highest BCUT2D eigenvalue weighted by atomic mass is 32.2. The standard InChI is InChI=1S/C24H33N5O4S/c1-15(2)14-26-22-21(5-4-10-25-22)34(31,32)24-9-8-17(11-18(13-24)29(24)3)27-23(30)19-12-20(33-28-19)16-6-7-16/h4-5,10,12,15-18H,6-9,11,13-14H2,1-3H3,(H,25,26)(H,27,30). The van der Waals surface area contributed by atoms with Gasteiger partial charge in [-0.2, -0.15) is 0 Å². The number of hydrogen-bond acceptors (Lipinski definition) is 8. The van der Waals surface area contributed by atoms with Crippen LogP contribution in [0.15, 0.2) is 33.8 Å². The summed E-state index contributed by atoms with van der Waals surface area (Å²) in [5.74, 6) is 1.68. The molecule has 2 N–H and O–H groups in total. The van der Waals surface area contributed by atoms with Gasteiger partial charge in [0.25, 0.3) is 5.91 Å². The summed E-state index contributed by atoms with van der Waals surface area (Å²) in [5.41, 5.74) is 0.297. The molecular weight excluding hydrogens is 454 g/mol. The van der Waals surface area contributed by atoms with Crippen molar-refractivity contribution in [1.82, 2.24) is 20.4 Å². The van der Waals surface area contributed by atoms with Gasteiger partial charge in [-0.05, 0) is 63.6 Å². The van der Waals surface area contributed by atoms with Crippen molar-refractivity contribution < 1.29 is 17.7 Å². The Balaban J connectivity index is 1.32. The van der Waals surface area contributed by atoms with E-state index in [1.165, 1.54) is 0 Å². The van der Waals surface area contributed by atoms with Crippen LogP contribution in [-0.4, -0.2) is 59.9 Å². The smallest absolute Gasteiger partial charge is 0.273 e. The van der Waals surface area contributed by atoms with Crippen molar-refractivity contribution in [3.63, 3.8) is 0 Å². The number of nitrogens with one attached hydrogen (secondary N) is 2. The molecule has 2 saturated heterocycles. The zero-order valence-corrected chi connectivity index (χ0v) is 20.8. The zero-order chi connectivity index (χ0) is 24.1. The second-order valence-corrected chi connectivity index (χ2v) is 12.6. The SMILES string of the molecule is CC(C)CNc1ncccc1S(=O)(=O)C12CCC(NC(=O)c3cc(C4CC4)on3)CC(C1)N2C. The molecule has 2 aliphatic heterocycles. The van der Waals surface area contributed by atoms with Gasteiger partial charge in [0.1, 0.15) is 21.3 Å². The van der Waals surface area contributed by atoms with Crippen LogP contribution in [0.3, 0.4) is 0 Å². The van der Waals surface area contributed by atoms with Gasteiger partial charge in [-0.15, -0.1) is 0 Å². The summed E-state index contributed by atoms with van der Waals surface area (Å²) < 4.78 is 33.2. The average Bonchev–Trinajstić information content (AvgIpc) is 3.60. The first kappa shape index (κ1) is 23.3. The Kier molecular flexibility index (Phi) is 5.92. The number of carbonyl (C=O) groups is 1. The van der Waals surface area contributed by atoms with Gasteiger partial charge in [0.05, 0.1) is 0 Å². The molecule has 2 aliphatic carbocycles. The molecule has 3 unspecified atom stereocenters. The van der Waals surface area contributed by atoms with Gasteiger partial charge in [-0.3, -0.25) is 9.69 Å². The van der Waals surface area contributed by atoms with Crippen LogP contribution in [-0.2, 0) is 9.84 Å². The van der Waals surface area contributed by atoms with Gasteiger partial charge in [0.2, 0.25) is 9.84 Å². The number of hydrogen-bond donors (Lipinski definition) is 2. The first-order valence-electron chi connectivity index (χ1n) is 12.1. The van der Waals surface area contributed by atoms with E-state index in [1.807, 2.05) is 11.9 Å². The molecule has 2 saturated carbocycles. The largest absolute Gasteiger partial charge is 0.369 e. The summed E-state index contributed by atoms with van der Waals surface area (Å²) in [7, 11) is -1.81. The summed E-state index contributed by atoms with van der Waals surface area (Å²) in [5, 5.41) is 10.2. The predicted octanol–water partition coefficient (Wildman–Crippen LogP) is 3.17. The highest BCUT2D eigenvalue weighted by Gasteiger charge is 2.61.